The third-order valence-electron chi connectivity index (χ3n) is 1.68. The largest absolute Gasteiger partial charge is 0.266 e. The van der Waals surface area contributed by atoms with Crippen molar-refractivity contribution >= 4 is 21.4 Å². The lowest BCUT2D eigenvalue weighted by Crippen LogP contribution is -2.23. The first-order chi connectivity index (χ1) is 7.18. The van der Waals surface area contributed by atoms with Crippen molar-refractivity contribution in [1.82, 2.24) is 19.9 Å². The molecule has 0 aliphatic carbocycles. The molecule has 2 N–H and O–H groups in total. The van der Waals surface area contributed by atoms with Crippen LogP contribution < -0.4 is 4.72 Å². The summed E-state index contributed by atoms with van der Waals surface area (Å²) in [5, 5.41) is 6.04. The Hall–Kier alpha value is -1.25. The third kappa shape index (κ3) is 2.41. The van der Waals surface area contributed by atoms with Gasteiger partial charge in [-0.25, -0.2) is 13.1 Å². The molecule has 0 aromatic carbocycles. The molecular formula is C7H8N4O2S2. The van der Waals surface area contributed by atoms with Crippen LogP contribution in [0.4, 0.5) is 0 Å². The van der Waals surface area contributed by atoms with Crippen molar-refractivity contribution in [2.45, 2.75) is 11.6 Å². The van der Waals surface area contributed by atoms with Crippen molar-refractivity contribution in [1.29, 1.82) is 0 Å². The van der Waals surface area contributed by atoms with Crippen molar-refractivity contribution < 1.29 is 8.42 Å². The second kappa shape index (κ2) is 4.09. The van der Waals surface area contributed by atoms with Crippen LogP contribution in [0.15, 0.2) is 29.0 Å². The topological polar surface area (TPSA) is 87.7 Å². The zero-order chi connectivity index (χ0) is 10.7. The van der Waals surface area contributed by atoms with E-state index in [9.17, 15) is 8.42 Å². The summed E-state index contributed by atoms with van der Waals surface area (Å²) in [6.45, 7) is 0.242. The molecule has 0 fully saturated rings. The minimum absolute atomic E-state index is 0.0621. The molecule has 0 atom stereocenters. The van der Waals surface area contributed by atoms with E-state index in [2.05, 4.69) is 19.9 Å². The van der Waals surface area contributed by atoms with Gasteiger partial charge in [0.15, 0.2) is 5.03 Å². The summed E-state index contributed by atoms with van der Waals surface area (Å²) in [6.07, 6.45) is 3.02. The molecule has 0 aliphatic heterocycles. The van der Waals surface area contributed by atoms with E-state index in [1.807, 2.05) is 0 Å². The van der Waals surface area contributed by atoms with Gasteiger partial charge in [-0.2, -0.15) is 5.10 Å². The molecule has 0 saturated carbocycles. The van der Waals surface area contributed by atoms with Crippen molar-refractivity contribution in [3.63, 3.8) is 0 Å². The Morgan fingerprint density at radius 1 is 1.53 bits per heavy atom. The molecule has 0 amide bonds. The van der Waals surface area contributed by atoms with Gasteiger partial charge < -0.3 is 0 Å². The molecule has 0 spiro atoms. The second-order valence-corrected chi connectivity index (χ2v) is 5.42. The molecule has 0 unspecified atom stereocenters. The summed E-state index contributed by atoms with van der Waals surface area (Å²) in [7, 11) is -3.48. The fourth-order valence-electron chi connectivity index (χ4n) is 0.966. The summed E-state index contributed by atoms with van der Waals surface area (Å²) >= 11 is 1.40. The number of hydrogen-bond donors (Lipinski definition) is 2. The number of H-pyrrole nitrogens is 1. The van der Waals surface area contributed by atoms with Gasteiger partial charge in [-0.05, 0) is 6.07 Å². The van der Waals surface area contributed by atoms with E-state index in [1.54, 1.807) is 11.7 Å². The van der Waals surface area contributed by atoms with Gasteiger partial charge in [-0.1, -0.05) is 0 Å². The van der Waals surface area contributed by atoms with Gasteiger partial charge in [0.05, 0.1) is 11.7 Å². The molecule has 0 aliphatic rings. The van der Waals surface area contributed by atoms with Crippen LogP contribution in [0.3, 0.4) is 0 Å². The Labute approximate surface area is 90.4 Å². The lowest BCUT2D eigenvalue weighted by molar-refractivity contribution is 0.577. The van der Waals surface area contributed by atoms with E-state index in [0.717, 1.165) is 4.88 Å². The fourth-order valence-corrected chi connectivity index (χ4v) is 2.51. The minimum atomic E-state index is -3.48. The smallest absolute Gasteiger partial charge is 0.257 e. The Bertz CT molecular complexity index is 503. The summed E-state index contributed by atoms with van der Waals surface area (Å²) in [5.74, 6) is 0. The van der Waals surface area contributed by atoms with Gasteiger partial charge in [0.1, 0.15) is 0 Å². The molecule has 2 heterocycles. The Morgan fingerprint density at radius 2 is 2.40 bits per heavy atom. The first-order valence-corrected chi connectivity index (χ1v) is 6.41. The summed E-state index contributed by atoms with van der Waals surface area (Å²) in [5.41, 5.74) is 1.65. The van der Waals surface area contributed by atoms with Crippen molar-refractivity contribution in [2.75, 3.05) is 0 Å². The molecule has 8 heteroatoms. The van der Waals surface area contributed by atoms with Gasteiger partial charge in [0.25, 0.3) is 10.0 Å². The second-order valence-electron chi connectivity index (χ2n) is 2.71. The summed E-state index contributed by atoms with van der Waals surface area (Å²) < 4.78 is 25.6. The van der Waals surface area contributed by atoms with Gasteiger partial charge in [0, 0.05) is 17.6 Å². The van der Waals surface area contributed by atoms with Gasteiger partial charge >= 0.3 is 0 Å². The van der Waals surface area contributed by atoms with Crippen molar-refractivity contribution in [2.24, 2.45) is 0 Å². The highest BCUT2D eigenvalue weighted by Gasteiger charge is 2.14. The molecular weight excluding hydrogens is 236 g/mol. The first-order valence-electron chi connectivity index (χ1n) is 4.05. The zero-order valence-electron chi connectivity index (χ0n) is 7.54. The normalized spacial score (nSPS) is 11.7. The third-order valence-corrected chi connectivity index (χ3v) is 3.79. The lowest BCUT2D eigenvalue weighted by Gasteiger charge is -2.01. The van der Waals surface area contributed by atoms with Crippen molar-refractivity contribution in [3.05, 3.63) is 28.8 Å². The van der Waals surface area contributed by atoms with E-state index >= 15 is 0 Å². The van der Waals surface area contributed by atoms with Gasteiger partial charge in [-0.3, -0.25) is 10.1 Å². The molecule has 2 aromatic rings. The Morgan fingerprint density at radius 3 is 3.00 bits per heavy atom. The van der Waals surface area contributed by atoms with E-state index in [4.69, 9.17) is 0 Å². The molecule has 15 heavy (non-hydrogen) atoms. The summed E-state index contributed by atoms with van der Waals surface area (Å²) in [6, 6.07) is 1.40. The maximum absolute atomic E-state index is 11.6. The molecule has 0 saturated heterocycles. The zero-order valence-corrected chi connectivity index (χ0v) is 9.18. The molecule has 0 bridgehead atoms. The van der Waals surface area contributed by atoms with E-state index in [1.165, 1.54) is 23.6 Å². The fraction of sp³-hybridized carbons (Fsp3) is 0.143. The van der Waals surface area contributed by atoms with Crippen LogP contribution in [0.5, 0.6) is 0 Å². The highest BCUT2D eigenvalue weighted by Crippen LogP contribution is 2.07. The molecule has 80 valence electrons. The number of nitrogens with one attached hydrogen (secondary N) is 2. The van der Waals surface area contributed by atoms with Crippen LogP contribution in [0.25, 0.3) is 0 Å². The monoisotopic (exact) mass is 244 g/mol. The van der Waals surface area contributed by atoms with Crippen LogP contribution in [0.1, 0.15) is 4.88 Å². The van der Waals surface area contributed by atoms with Gasteiger partial charge in [0.2, 0.25) is 0 Å². The lowest BCUT2D eigenvalue weighted by atomic mass is 10.6. The van der Waals surface area contributed by atoms with Crippen LogP contribution >= 0.6 is 11.3 Å². The van der Waals surface area contributed by atoms with E-state index in [0.29, 0.717) is 0 Å². The Kier molecular flexibility index (Phi) is 2.80. The van der Waals surface area contributed by atoms with Crippen molar-refractivity contribution in [3.8, 4) is 0 Å². The maximum Gasteiger partial charge on any atom is 0.257 e. The number of thiazole rings is 1. The average molecular weight is 244 g/mol. The molecule has 2 aromatic heterocycles. The van der Waals surface area contributed by atoms with Crippen LogP contribution in [0, 0.1) is 0 Å². The SMILES string of the molecule is O=S(=O)(NCc1cncs1)c1ccn[nH]1. The highest BCUT2D eigenvalue weighted by molar-refractivity contribution is 7.89. The Balaban J connectivity index is 2.06. The highest BCUT2D eigenvalue weighted by atomic mass is 32.2. The number of sulfonamides is 1. The molecule has 0 radical (unpaired) electrons. The van der Waals surface area contributed by atoms with Crippen LogP contribution in [0.2, 0.25) is 0 Å². The number of aromatic amines is 1. The van der Waals surface area contributed by atoms with Crippen LogP contribution in [-0.4, -0.2) is 23.6 Å². The van der Waals surface area contributed by atoms with E-state index < -0.39 is 10.0 Å². The standard InChI is InChI=1S/C7H8N4O2S2/c12-15(13,7-1-2-9-11-7)10-4-6-3-8-5-14-6/h1-3,5,10H,4H2,(H,9,11). The minimum Gasteiger partial charge on any atom is -0.266 e. The quantitative estimate of drug-likeness (QED) is 0.812. The van der Waals surface area contributed by atoms with Crippen LogP contribution in [-0.2, 0) is 16.6 Å². The van der Waals surface area contributed by atoms with E-state index in [-0.39, 0.29) is 11.6 Å². The number of hydrogen-bond acceptors (Lipinski definition) is 5. The average Bonchev–Trinajstić information content (AvgIpc) is 2.88. The first kappa shape index (κ1) is 10.3. The molecule has 2 rings (SSSR count). The number of nitrogens with zero attached hydrogens (tertiary/aromatic N) is 2. The maximum atomic E-state index is 11.6. The predicted molar refractivity (Wildman–Crippen MR) is 54.7 cm³/mol. The predicted octanol–water partition coefficient (Wildman–Crippen LogP) is 0.345. The number of aromatic nitrogens is 3. The summed E-state index contributed by atoms with van der Waals surface area (Å²) in [4.78, 5) is 4.71. The number of rotatable bonds is 4. The van der Waals surface area contributed by atoms with Gasteiger partial charge in [-0.15, -0.1) is 11.3 Å². The molecule has 6 nitrogen and oxygen atoms in total.